The predicted octanol–water partition coefficient (Wildman–Crippen LogP) is 4.75. The molecule has 15 heavy (non-hydrogen) atoms. The zero-order chi connectivity index (χ0) is 10.8. The smallest absolute Gasteiger partial charge is 0.124 e. The molecule has 0 bridgehead atoms. The Morgan fingerprint density at radius 3 is 2.40 bits per heavy atom. The van der Waals surface area contributed by atoms with E-state index in [0.29, 0.717) is 5.02 Å². The summed E-state index contributed by atoms with van der Waals surface area (Å²) < 4.78 is 13.8. The fraction of sp³-hybridized carbons (Fsp3) is 0. The van der Waals surface area contributed by atoms with Crippen LogP contribution in [-0.4, -0.2) is 0 Å². The molecule has 3 heteroatoms. The van der Waals surface area contributed by atoms with Crippen LogP contribution in [0.1, 0.15) is 0 Å². The Balaban J connectivity index is 2.60. The summed E-state index contributed by atoms with van der Waals surface area (Å²) in [5.41, 5.74) is 1.89. The first-order valence-electron chi connectivity index (χ1n) is 4.38. The maximum Gasteiger partial charge on any atom is 0.124 e. The summed E-state index contributed by atoms with van der Waals surface area (Å²) in [6.07, 6.45) is 0. The molecule has 0 amide bonds. The zero-order valence-corrected chi connectivity index (χ0v) is 10.6. The van der Waals surface area contributed by atoms with Crippen molar-refractivity contribution in [3.63, 3.8) is 0 Å². The Kier molecular flexibility index (Phi) is 3.26. The number of benzene rings is 2. The highest BCUT2D eigenvalue weighted by molar-refractivity contribution is 14.1. The van der Waals surface area contributed by atoms with Crippen molar-refractivity contribution >= 4 is 34.2 Å². The minimum absolute atomic E-state index is 0.227. The molecule has 0 spiro atoms. The first kappa shape index (κ1) is 10.9. The molecule has 0 fully saturated rings. The molecule has 0 aliphatic heterocycles. The molecule has 0 nitrogen and oxygen atoms in total. The van der Waals surface area contributed by atoms with E-state index < -0.39 is 0 Å². The van der Waals surface area contributed by atoms with E-state index in [0.717, 1.165) is 14.7 Å². The monoisotopic (exact) mass is 332 g/mol. The molecule has 2 rings (SSSR count). The van der Waals surface area contributed by atoms with E-state index in [9.17, 15) is 4.39 Å². The number of halogens is 3. The number of rotatable bonds is 1. The van der Waals surface area contributed by atoms with Crippen molar-refractivity contribution in [1.29, 1.82) is 0 Å². The van der Waals surface area contributed by atoms with Crippen LogP contribution in [0.2, 0.25) is 5.02 Å². The summed E-state index contributed by atoms with van der Waals surface area (Å²) in [6, 6.07) is 12.2. The Morgan fingerprint density at radius 1 is 1.00 bits per heavy atom. The Hall–Kier alpha value is -0.610. The van der Waals surface area contributed by atoms with Gasteiger partial charge >= 0.3 is 0 Å². The van der Waals surface area contributed by atoms with Crippen molar-refractivity contribution < 1.29 is 4.39 Å². The summed E-state index contributed by atoms with van der Waals surface area (Å²) in [5.74, 6) is -0.227. The highest BCUT2D eigenvalue weighted by atomic mass is 127. The maximum atomic E-state index is 12.9. The normalized spacial score (nSPS) is 10.3. The molecule has 2 aromatic carbocycles. The summed E-state index contributed by atoms with van der Waals surface area (Å²) >= 11 is 8.18. The van der Waals surface area contributed by atoms with E-state index in [1.807, 2.05) is 24.3 Å². The lowest BCUT2D eigenvalue weighted by Crippen LogP contribution is -1.85. The van der Waals surface area contributed by atoms with Gasteiger partial charge in [0, 0.05) is 14.2 Å². The standard InChI is InChI=1S/C12H7ClFI/c13-11-4-2-1-3-9(11)10-6-5-8(14)7-12(10)15/h1-7H. The summed E-state index contributed by atoms with van der Waals surface area (Å²) in [5, 5.41) is 0.682. The molecule has 0 N–H and O–H groups in total. The third kappa shape index (κ3) is 2.32. The molecule has 0 saturated heterocycles. The van der Waals surface area contributed by atoms with Crippen molar-refractivity contribution in [2.24, 2.45) is 0 Å². The predicted molar refractivity (Wildman–Crippen MR) is 69.6 cm³/mol. The minimum atomic E-state index is -0.227. The van der Waals surface area contributed by atoms with Crippen molar-refractivity contribution in [3.8, 4) is 11.1 Å². The second kappa shape index (κ2) is 4.49. The molecule has 0 aliphatic rings. The van der Waals surface area contributed by atoms with E-state index in [4.69, 9.17) is 11.6 Å². The average Bonchev–Trinajstić information content (AvgIpc) is 2.20. The second-order valence-electron chi connectivity index (χ2n) is 3.10. The van der Waals surface area contributed by atoms with Crippen molar-refractivity contribution in [2.45, 2.75) is 0 Å². The summed E-state index contributed by atoms with van der Waals surface area (Å²) in [4.78, 5) is 0. The van der Waals surface area contributed by atoms with Crippen molar-refractivity contribution in [2.75, 3.05) is 0 Å². The zero-order valence-electron chi connectivity index (χ0n) is 7.68. The quantitative estimate of drug-likeness (QED) is 0.661. The van der Waals surface area contributed by atoms with E-state index in [-0.39, 0.29) is 5.82 Å². The van der Waals surface area contributed by atoms with Crippen LogP contribution in [-0.2, 0) is 0 Å². The first-order chi connectivity index (χ1) is 7.18. The molecule has 0 atom stereocenters. The van der Waals surface area contributed by atoms with Crippen LogP contribution in [0.15, 0.2) is 42.5 Å². The van der Waals surface area contributed by atoms with Gasteiger partial charge in [-0.2, -0.15) is 0 Å². The largest absolute Gasteiger partial charge is 0.207 e. The topological polar surface area (TPSA) is 0 Å². The molecule has 0 unspecified atom stereocenters. The van der Waals surface area contributed by atoms with Gasteiger partial charge in [-0.05, 0) is 46.4 Å². The molecule has 0 aromatic heterocycles. The van der Waals surface area contributed by atoms with Gasteiger partial charge in [0.15, 0.2) is 0 Å². The van der Waals surface area contributed by atoms with Gasteiger partial charge in [0.2, 0.25) is 0 Å². The molecular weight excluding hydrogens is 325 g/mol. The maximum absolute atomic E-state index is 12.9. The van der Waals surface area contributed by atoms with Gasteiger partial charge in [-0.15, -0.1) is 0 Å². The van der Waals surface area contributed by atoms with Crippen LogP contribution in [0, 0.1) is 9.39 Å². The van der Waals surface area contributed by atoms with Gasteiger partial charge in [-0.25, -0.2) is 4.39 Å². The van der Waals surface area contributed by atoms with Gasteiger partial charge in [-0.3, -0.25) is 0 Å². The molecular formula is C12H7ClFI. The van der Waals surface area contributed by atoms with Gasteiger partial charge < -0.3 is 0 Å². The van der Waals surface area contributed by atoms with Gasteiger partial charge in [0.1, 0.15) is 5.82 Å². The van der Waals surface area contributed by atoms with Crippen LogP contribution < -0.4 is 0 Å². The summed E-state index contributed by atoms with van der Waals surface area (Å²) in [6.45, 7) is 0. The highest BCUT2D eigenvalue weighted by Gasteiger charge is 2.06. The fourth-order valence-electron chi connectivity index (χ4n) is 1.39. The number of hydrogen-bond acceptors (Lipinski definition) is 0. The van der Waals surface area contributed by atoms with E-state index in [1.54, 1.807) is 6.07 Å². The Bertz CT molecular complexity index is 497. The lowest BCUT2D eigenvalue weighted by Gasteiger charge is -2.06. The van der Waals surface area contributed by atoms with Gasteiger partial charge in [-0.1, -0.05) is 35.9 Å². The Labute approximate surface area is 106 Å². The van der Waals surface area contributed by atoms with Crippen LogP contribution in [0.3, 0.4) is 0 Å². The molecule has 0 aliphatic carbocycles. The third-order valence-electron chi connectivity index (χ3n) is 2.10. The molecule has 0 heterocycles. The molecule has 76 valence electrons. The molecule has 0 radical (unpaired) electrons. The van der Waals surface area contributed by atoms with Crippen LogP contribution in [0.5, 0.6) is 0 Å². The lowest BCUT2D eigenvalue weighted by atomic mass is 10.1. The minimum Gasteiger partial charge on any atom is -0.207 e. The lowest BCUT2D eigenvalue weighted by molar-refractivity contribution is 0.627. The highest BCUT2D eigenvalue weighted by Crippen LogP contribution is 2.31. The van der Waals surface area contributed by atoms with Crippen molar-refractivity contribution in [3.05, 3.63) is 56.9 Å². The Morgan fingerprint density at radius 2 is 1.73 bits per heavy atom. The summed E-state index contributed by atoms with van der Waals surface area (Å²) in [7, 11) is 0. The SMILES string of the molecule is Fc1ccc(-c2ccccc2Cl)c(I)c1. The average molecular weight is 333 g/mol. The van der Waals surface area contributed by atoms with Gasteiger partial charge in [0.25, 0.3) is 0 Å². The first-order valence-corrected chi connectivity index (χ1v) is 5.84. The van der Waals surface area contributed by atoms with Crippen LogP contribution >= 0.6 is 34.2 Å². The fourth-order valence-corrected chi connectivity index (χ4v) is 2.39. The molecule has 2 aromatic rings. The van der Waals surface area contributed by atoms with E-state index in [1.165, 1.54) is 12.1 Å². The van der Waals surface area contributed by atoms with Crippen LogP contribution in [0.25, 0.3) is 11.1 Å². The second-order valence-corrected chi connectivity index (χ2v) is 4.67. The van der Waals surface area contributed by atoms with E-state index >= 15 is 0 Å². The molecule has 0 saturated carbocycles. The van der Waals surface area contributed by atoms with Gasteiger partial charge in [0.05, 0.1) is 0 Å². The van der Waals surface area contributed by atoms with E-state index in [2.05, 4.69) is 22.6 Å². The third-order valence-corrected chi connectivity index (χ3v) is 3.32. The van der Waals surface area contributed by atoms with Crippen LogP contribution in [0.4, 0.5) is 4.39 Å². The number of hydrogen-bond donors (Lipinski definition) is 0. The van der Waals surface area contributed by atoms with Crippen molar-refractivity contribution in [1.82, 2.24) is 0 Å².